The van der Waals surface area contributed by atoms with Crippen LogP contribution in [0.5, 0.6) is 5.75 Å². The molecule has 0 aliphatic rings. The Morgan fingerprint density at radius 2 is 2.00 bits per heavy atom. The Morgan fingerprint density at radius 1 is 1.28 bits per heavy atom. The average Bonchev–Trinajstić information content (AvgIpc) is 2.42. The summed E-state index contributed by atoms with van der Waals surface area (Å²) in [5, 5.41) is 1.01. The summed E-state index contributed by atoms with van der Waals surface area (Å²) < 4.78 is 10.1. The van der Waals surface area contributed by atoms with Crippen LogP contribution in [0.4, 0.5) is 0 Å². The average molecular weight is 313 g/mol. The largest absolute Gasteiger partial charge is 0.494 e. The van der Waals surface area contributed by atoms with Crippen LogP contribution in [0.15, 0.2) is 30.3 Å². The first kappa shape index (κ1) is 14.8. The molecule has 18 heavy (non-hydrogen) atoms. The molecule has 0 saturated carbocycles. The summed E-state index contributed by atoms with van der Waals surface area (Å²) in [6, 6.07) is 7.59. The highest BCUT2D eigenvalue weighted by atomic mass is 79.9. The first-order valence-electron chi connectivity index (χ1n) is 5.81. The van der Waals surface area contributed by atoms with Crippen molar-refractivity contribution in [3.05, 3.63) is 35.9 Å². The molecule has 0 spiro atoms. The molecule has 0 unspecified atom stereocenters. The molecule has 1 aromatic carbocycles. The van der Waals surface area contributed by atoms with Gasteiger partial charge in [0, 0.05) is 11.4 Å². The van der Waals surface area contributed by atoms with E-state index in [2.05, 4.69) is 20.7 Å². The molecule has 0 aliphatic heterocycles. The number of unbranched alkanes of at least 4 members (excludes halogenated alkanes) is 1. The van der Waals surface area contributed by atoms with Crippen LogP contribution in [0.25, 0.3) is 6.08 Å². The van der Waals surface area contributed by atoms with Gasteiger partial charge < -0.3 is 9.47 Å². The quantitative estimate of drug-likeness (QED) is 0.335. The summed E-state index contributed by atoms with van der Waals surface area (Å²) in [4.78, 5) is 10.9. The van der Waals surface area contributed by atoms with Crippen molar-refractivity contribution in [1.82, 2.24) is 0 Å². The van der Waals surface area contributed by atoms with E-state index in [1.165, 1.54) is 13.2 Å². The Hall–Kier alpha value is -1.29. The van der Waals surface area contributed by atoms with E-state index in [0.717, 1.165) is 36.1 Å². The van der Waals surface area contributed by atoms with Crippen LogP contribution < -0.4 is 4.74 Å². The van der Waals surface area contributed by atoms with Gasteiger partial charge in [-0.25, -0.2) is 4.79 Å². The first-order chi connectivity index (χ1) is 8.76. The van der Waals surface area contributed by atoms with Gasteiger partial charge in [-0.3, -0.25) is 0 Å². The van der Waals surface area contributed by atoms with Gasteiger partial charge in [-0.15, -0.1) is 0 Å². The number of methoxy groups -OCH3 is 1. The number of esters is 1. The zero-order chi connectivity index (χ0) is 13.2. The number of alkyl halides is 1. The molecular weight excluding hydrogens is 296 g/mol. The van der Waals surface area contributed by atoms with Crippen LogP contribution in [0.2, 0.25) is 0 Å². The van der Waals surface area contributed by atoms with Crippen LogP contribution in [0.3, 0.4) is 0 Å². The monoisotopic (exact) mass is 312 g/mol. The predicted octanol–water partition coefficient (Wildman–Crippen LogP) is 3.43. The zero-order valence-electron chi connectivity index (χ0n) is 10.4. The highest BCUT2D eigenvalue weighted by Gasteiger charge is 1.95. The minimum atomic E-state index is -0.356. The van der Waals surface area contributed by atoms with E-state index in [1.807, 2.05) is 24.3 Å². The second kappa shape index (κ2) is 8.75. The van der Waals surface area contributed by atoms with E-state index < -0.39 is 0 Å². The molecule has 3 nitrogen and oxygen atoms in total. The summed E-state index contributed by atoms with van der Waals surface area (Å²) in [6.45, 7) is 0.725. The molecule has 0 saturated heterocycles. The SMILES string of the molecule is COC(=O)/C=C/c1ccc(OCCCCBr)cc1. The topological polar surface area (TPSA) is 35.5 Å². The molecule has 0 atom stereocenters. The van der Waals surface area contributed by atoms with Crippen molar-refractivity contribution in [1.29, 1.82) is 0 Å². The number of halogens is 1. The van der Waals surface area contributed by atoms with Gasteiger partial charge in [-0.05, 0) is 36.6 Å². The van der Waals surface area contributed by atoms with Gasteiger partial charge in [0.2, 0.25) is 0 Å². The van der Waals surface area contributed by atoms with Gasteiger partial charge in [-0.2, -0.15) is 0 Å². The molecule has 98 valence electrons. The maximum absolute atomic E-state index is 10.9. The Labute approximate surface area is 116 Å². The van der Waals surface area contributed by atoms with Crippen molar-refractivity contribution in [2.24, 2.45) is 0 Å². The van der Waals surface area contributed by atoms with Crippen LogP contribution in [-0.4, -0.2) is 25.0 Å². The van der Waals surface area contributed by atoms with Crippen molar-refractivity contribution in [3.8, 4) is 5.75 Å². The lowest BCUT2D eigenvalue weighted by atomic mass is 10.2. The van der Waals surface area contributed by atoms with E-state index >= 15 is 0 Å². The van der Waals surface area contributed by atoms with Gasteiger partial charge >= 0.3 is 5.97 Å². The lowest BCUT2D eigenvalue weighted by Crippen LogP contribution is -1.97. The van der Waals surface area contributed by atoms with E-state index in [9.17, 15) is 4.79 Å². The summed E-state index contributed by atoms with van der Waals surface area (Å²) >= 11 is 3.38. The smallest absolute Gasteiger partial charge is 0.330 e. The summed E-state index contributed by atoms with van der Waals surface area (Å²) in [5.74, 6) is 0.491. The van der Waals surface area contributed by atoms with Crippen LogP contribution in [0.1, 0.15) is 18.4 Å². The standard InChI is InChI=1S/C14H17BrO3/c1-17-14(16)9-6-12-4-7-13(8-5-12)18-11-3-2-10-15/h4-9H,2-3,10-11H2,1H3/b9-6+. The number of rotatable bonds is 7. The Kier molecular flexibility index (Phi) is 7.18. The zero-order valence-corrected chi connectivity index (χ0v) is 12.0. The fraction of sp³-hybridized carbons (Fsp3) is 0.357. The molecule has 0 heterocycles. The van der Waals surface area contributed by atoms with Gasteiger partial charge in [-0.1, -0.05) is 28.1 Å². The van der Waals surface area contributed by atoms with Crippen LogP contribution in [-0.2, 0) is 9.53 Å². The highest BCUT2D eigenvalue weighted by molar-refractivity contribution is 9.09. The summed E-state index contributed by atoms with van der Waals surface area (Å²) in [5.41, 5.74) is 0.938. The van der Waals surface area contributed by atoms with Crippen molar-refractivity contribution < 1.29 is 14.3 Å². The molecule has 1 rings (SSSR count). The van der Waals surface area contributed by atoms with Crippen molar-refractivity contribution >= 4 is 28.0 Å². The molecule has 0 bridgehead atoms. The van der Waals surface area contributed by atoms with Crippen molar-refractivity contribution in [2.75, 3.05) is 19.0 Å². The van der Waals surface area contributed by atoms with E-state index in [4.69, 9.17) is 4.74 Å². The minimum Gasteiger partial charge on any atom is -0.494 e. The Bertz CT molecular complexity index is 385. The van der Waals surface area contributed by atoms with Gasteiger partial charge in [0.1, 0.15) is 5.75 Å². The van der Waals surface area contributed by atoms with Crippen molar-refractivity contribution in [2.45, 2.75) is 12.8 Å². The third kappa shape index (κ3) is 5.87. The molecule has 0 radical (unpaired) electrons. The number of hydrogen-bond acceptors (Lipinski definition) is 3. The molecule has 0 fully saturated rings. The number of carbonyl (C=O) groups is 1. The van der Waals surface area contributed by atoms with E-state index in [0.29, 0.717) is 0 Å². The molecule has 4 heteroatoms. The van der Waals surface area contributed by atoms with Gasteiger partial charge in [0.05, 0.1) is 13.7 Å². The lowest BCUT2D eigenvalue weighted by Gasteiger charge is -2.05. The fourth-order valence-electron chi connectivity index (χ4n) is 1.29. The summed E-state index contributed by atoms with van der Waals surface area (Å²) in [6.07, 6.45) is 5.25. The molecule has 0 aliphatic carbocycles. The van der Waals surface area contributed by atoms with Crippen LogP contribution in [0, 0.1) is 0 Å². The molecule has 0 aromatic heterocycles. The normalized spacial score (nSPS) is 10.6. The lowest BCUT2D eigenvalue weighted by molar-refractivity contribution is -0.134. The number of hydrogen-bond donors (Lipinski definition) is 0. The third-order valence-electron chi connectivity index (χ3n) is 2.29. The second-order valence-electron chi connectivity index (χ2n) is 3.67. The second-order valence-corrected chi connectivity index (χ2v) is 4.46. The maximum atomic E-state index is 10.9. The molecule has 0 amide bonds. The van der Waals surface area contributed by atoms with Crippen LogP contribution >= 0.6 is 15.9 Å². The maximum Gasteiger partial charge on any atom is 0.330 e. The van der Waals surface area contributed by atoms with E-state index in [-0.39, 0.29) is 5.97 Å². The molecule has 0 N–H and O–H groups in total. The Balaban J connectivity index is 2.42. The third-order valence-corrected chi connectivity index (χ3v) is 2.85. The van der Waals surface area contributed by atoms with Gasteiger partial charge in [0.15, 0.2) is 0 Å². The molecule has 1 aromatic rings. The number of ether oxygens (including phenoxy) is 2. The number of benzene rings is 1. The molecular formula is C14H17BrO3. The first-order valence-corrected chi connectivity index (χ1v) is 6.93. The summed E-state index contributed by atoms with van der Waals surface area (Å²) in [7, 11) is 1.36. The fourth-order valence-corrected chi connectivity index (χ4v) is 1.69. The highest BCUT2D eigenvalue weighted by Crippen LogP contribution is 2.13. The number of carbonyl (C=O) groups excluding carboxylic acids is 1. The van der Waals surface area contributed by atoms with Crippen molar-refractivity contribution in [3.63, 3.8) is 0 Å². The van der Waals surface area contributed by atoms with Gasteiger partial charge in [0.25, 0.3) is 0 Å². The minimum absolute atomic E-state index is 0.356. The predicted molar refractivity (Wildman–Crippen MR) is 76.0 cm³/mol. The Morgan fingerprint density at radius 3 is 2.61 bits per heavy atom. The van der Waals surface area contributed by atoms with E-state index in [1.54, 1.807) is 6.08 Å².